The second kappa shape index (κ2) is 2.73. The first kappa shape index (κ1) is 8.05. The molecule has 2 saturated heterocycles. The van der Waals surface area contributed by atoms with Crippen LogP contribution in [-0.4, -0.2) is 36.0 Å². The van der Waals surface area contributed by atoms with Gasteiger partial charge < -0.3 is 10.2 Å². The lowest BCUT2D eigenvalue weighted by Gasteiger charge is -2.44. The topological polar surface area (TPSA) is 32.3 Å². The van der Waals surface area contributed by atoms with E-state index in [0.29, 0.717) is 18.0 Å². The van der Waals surface area contributed by atoms with Crippen LogP contribution in [0.2, 0.25) is 0 Å². The number of likely N-dealkylation sites (tertiary alicyclic amines) is 1. The van der Waals surface area contributed by atoms with Gasteiger partial charge in [-0.05, 0) is 13.0 Å². The van der Waals surface area contributed by atoms with Crippen molar-refractivity contribution in [1.82, 2.24) is 10.2 Å². The predicted octanol–water partition coefficient (Wildman–Crippen LogP) is 0.215. The highest BCUT2D eigenvalue weighted by atomic mass is 16.2. The van der Waals surface area contributed by atoms with E-state index in [1.165, 1.54) is 0 Å². The maximum atomic E-state index is 11.6. The molecule has 0 aromatic carbocycles. The number of amides is 1. The van der Waals surface area contributed by atoms with Crippen molar-refractivity contribution in [3.63, 3.8) is 0 Å². The lowest BCUT2D eigenvalue weighted by molar-refractivity contribution is -0.143. The summed E-state index contributed by atoms with van der Waals surface area (Å²) < 4.78 is 0. The third kappa shape index (κ3) is 1.04. The minimum atomic E-state index is 0.159. The second-order valence-electron chi connectivity index (χ2n) is 4.06. The Kier molecular flexibility index (Phi) is 1.83. The van der Waals surface area contributed by atoms with Crippen LogP contribution in [0, 0.1) is 5.92 Å². The van der Waals surface area contributed by atoms with Gasteiger partial charge >= 0.3 is 0 Å². The standard InChI is InChI=1S/C9H16N2O/c1-6(2)9(12)11-5-7-8(11)3-4-10-7/h6-8,10H,3-5H2,1-2H3. The summed E-state index contributed by atoms with van der Waals surface area (Å²) in [5, 5.41) is 3.39. The second-order valence-corrected chi connectivity index (χ2v) is 4.06. The third-order valence-corrected chi connectivity index (χ3v) is 2.88. The van der Waals surface area contributed by atoms with Crippen molar-refractivity contribution in [3.05, 3.63) is 0 Å². The molecule has 2 rings (SSSR count). The molecule has 0 spiro atoms. The molecule has 0 aromatic heterocycles. The van der Waals surface area contributed by atoms with Crippen LogP contribution in [0.25, 0.3) is 0 Å². The molecule has 2 heterocycles. The van der Waals surface area contributed by atoms with Crippen molar-refractivity contribution in [1.29, 1.82) is 0 Å². The first-order chi connectivity index (χ1) is 5.70. The molecule has 3 heteroatoms. The summed E-state index contributed by atoms with van der Waals surface area (Å²) in [6.07, 6.45) is 1.14. The Balaban J connectivity index is 1.95. The van der Waals surface area contributed by atoms with Gasteiger partial charge in [0.05, 0.1) is 0 Å². The average Bonchev–Trinajstić information content (AvgIpc) is 2.32. The van der Waals surface area contributed by atoms with E-state index in [2.05, 4.69) is 5.32 Å². The van der Waals surface area contributed by atoms with Gasteiger partial charge in [0.1, 0.15) is 0 Å². The Labute approximate surface area is 73.1 Å². The zero-order chi connectivity index (χ0) is 8.72. The van der Waals surface area contributed by atoms with E-state index in [1.807, 2.05) is 18.7 Å². The smallest absolute Gasteiger partial charge is 0.225 e. The quantitative estimate of drug-likeness (QED) is 0.607. The van der Waals surface area contributed by atoms with E-state index in [9.17, 15) is 4.79 Å². The van der Waals surface area contributed by atoms with Crippen molar-refractivity contribution in [3.8, 4) is 0 Å². The highest BCUT2D eigenvalue weighted by Gasteiger charge is 2.44. The maximum Gasteiger partial charge on any atom is 0.225 e. The van der Waals surface area contributed by atoms with Gasteiger partial charge in [0.25, 0.3) is 0 Å². The Hall–Kier alpha value is -0.570. The molecule has 0 aromatic rings. The van der Waals surface area contributed by atoms with E-state index in [1.54, 1.807) is 0 Å². The summed E-state index contributed by atoms with van der Waals surface area (Å²) in [4.78, 5) is 13.6. The van der Waals surface area contributed by atoms with Crippen molar-refractivity contribution in [2.45, 2.75) is 32.4 Å². The lowest BCUT2D eigenvalue weighted by Crippen LogP contribution is -2.63. The fourth-order valence-electron chi connectivity index (χ4n) is 2.11. The molecule has 1 amide bonds. The van der Waals surface area contributed by atoms with Gasteiger partial charge in [-0.2, -0.15) is 0 Å². The zero-order valence-electron chi connectivity index (χ0n) is 7.71. The van der Waals surface area contributed by atoms with E-state index in [4.69, 9.17) is 0 Å². The zero-order valence-corrected chi connectivity index (χ0v) is 7.71. The Bertz CT molecular complexity index is 203. The number of carbonyl (C=O) groups is 1. The predicted molar refractivity (Wildman–Crippen MR) is 46.7 cm³/mol. The van der Waals surface area contributed by atoms with Crippen LogP contribution in [0.4, 0.5) is 0 Å². The summed E-state index contributed by atoms with van der Waals surface area (Å²) >= 11 is 0. The maximum absolute atomic E-state index is 11.6. The Morgan fingerprint density at radius 2 is 2.33 bits per heavy atom. The number of nitrogens with zero attached hydrogens (tertiary/aromatic N) is 1. The molecule has 2 aliphatic heterocycles. The molecule has 2 atom stereocenters. The lowest BCUT2D eigenvalue weighted by atomic mass is 9.96. The third-order valence-electron chi connectivity index (χ3n) is 2.88. The fraction of sp³-hybridized carbons (Fsp3) is 0.889. The summed E-state index contributed by atoms with van der Waals surface area (Å²) in [6, 6.07) is 1.12. The number of hydrogen-bond donors (Lipinski definition) is 1. The molecule has 1 N–H and O–H groups in total. The van der Waals surface area contributed by atoms with E-state index in [0.717, 1.165) is 19.5 Å². The van der Waals surface area contributed by atoms with Crippen molar-refractivity contribution in [2.75, 3.05) is 13.1 Å². The van der Waals surface area contributed by atoms with E-state index in [-0.39, 0.29) is 5.92 Å². The summed E-state index contributed by atoms with van der Waals surface area (Å²) in [7, 11) is 0. The van der Waals surface area contributed by atoms with E-state index < -0.39 is 0 Å². The van der Waals surface area contributed by atoms with Crippen LogP contribution in [-0.2, 0) is 4.79 Å². The molecule has 0 aliphatic carbocycles. The van der Waals surface area contributed by atoms with Crippen molar-refractivity contribution >= 4 is 5.91 Å². The first-order valence-electron chi connectivity index (χ1n) is 4.74. The van der Waals surface area contributed by atoms with Crippen LogP contribution in [0.5, 0.6) is 0 Å². The van der Waals surface area contributed by atoms with Crippen LogP contribution < -0.4 is 5.32 Å². The van der Waals surface area contributed by atoms with Gasteiger partial charge in [0.2, 0.25) is 5.91 Å². The SMILES string of the molecule is CC(C)C(=O)N1CC2NCCC21. The minimum absolute atomic E-state index is 0.159. The van der Waals surface area contributed by atoms with Gasteiger partial charge in [0.15, 0.2) is 0 Å². The molecule has 0 saturated carbocycles. The molecule has 0 radical (unpaired) electrons. The molecule has 12 heavy (non-hydrogen) atoms. The van der Waals surface area contributed by atoms with Gasteiger partial charge in [-0.15, -0.1) is 0 Å². The van der Waals surface area contributed by atoms with Crippen LogP contribution >= 0.6 is 0 Å². The largest absolute Gasteiger partial charge is 0.336 e. The van der Waals surface area contributed by atoms with Crippen molar-refractivity contribution in [2.24, 2.45) is 5.92 Å². The highest BCUT2D eigenvalue weighted by molar-refractivity contribution is 5.79. The minimum Gasteiger partial charge on any atom is -0.336 e. The molecular weight excluding hydrogens is 152 g/mol. The number of hydrogen-bond acceptors (Lipinski definition) is 2. The Morgan fingerprint density at radius 1 is 1.58 bits per heavy atom. The molecule has 0 bridgehead atoms. The van der Waals surface area contributed by atoms with Gasteiger partial charge in [0, 0.05) is 24.5 Å². The van der Waals surface area contributed by atoms with Gasteiger partial charge in [-0.25, -0.2) is 0 Å². The van der Waals surface area contributed by atoms with Gasteiger partial charge in [-0.3, -0.25) is 4.79 Å². The molecule has 2 fully saturated rings. The molecule has 2 unspecified atom stereocenters. The number of carbonyl (C=O) groups excluding carboxylic acids is 1. The fourth-order valence-corrected chi connectivity index (χ4v) is 2.11. The number of fused-ring (bicyclic) bond motifs is 1. The monoisotopic (exact) mass is 168 g/mol. The first-order valence-corrected chi connectivity index (χ1v) is 4.74. The highest BCUT2D eigenvalue weighted by Crippen LogP contribution is 2.26. The summed E-state index contributed by atoms with van der Waals surface area (Å²) in [6.45, 7) is 5.95. The van der Waals surface area contributed by atoms with Crippen LogP contribution in [0.1, 0.15) is 20.3 Å². The molecular formula is C9H16N2O. The Morgan fingerprint density at radius 3 is 2.92 bits per heavy atom. The van der Waals surface area contributed by atoms with Crippen molar-refractivity contribution < 1.29 is 4.79 Å². The number of rotatable bonds is 1. The molecule has 68 valence electrons. The average molecular weight is 168 g/mol. The van der Waals surface area contributed by atoms with Crippen LogP contribution in [0.15, 0.2) is 0 Å². The molecule has 3 nitrogen and oxygen atoms in total. The normalized spacial score (nSPS) is 33.4. The number of nitrogens with one attached hydrogen (secondary N) is 1. The summed E-state index contributed by atoms with van der Waals surface area (Å²) in [5.74, 6) is 0.478. The molecule has 2 aliphatic rings. The summed E-state index contributed by atoms with van der Waals surface area (Å²) in [5.41, 5.74) is 0. The van der Waals surface area contributed by atoms with E-state index >= 15 is 0 Å². The van der Waals surface area contributed by atoms with Gasteiger partial charge in [-0.1, -0.05) is 13.8 Å². The van der Waals surface area contributed by atoms with Crippen LogP contribution in [0.3, 0.4) is 0 Å².